The van der Waals surface area contributed by atoms with Gasteiger partial charge in [0.2, 0.25) is 11.9 Å². The lowest BCUT2D eigenvalue weighted by Gasteiger charge is -2.39. The normalized spacial score (nSPS) is 16.6. The van der Waals surface area contributed by atoms with E-state index in [-0.39, 0.29) is 23.8 Å². The average Bonchev–Trinajstić information content (AvgIpc) is 3.40. The largest absolute Gasteiger partial charge is 0.368 e. The van der Waals surface area contributed by atoms with Gasteiger partial charge in [-0.1, -0.05) is 17.6 Å². The number of carbonyl (C=O) groups excluding carboxylic acids is 1. The third-order valence-electron chi connectivity index (χ3n) is 7.01. The first-order valence-corrected chi connectivity index (χ1v) is 11.7. The van der Waals surface area contributed by atoms with Crippen LogP contribution in [0, 0.1) is 0 Å². The Balaban J connectivity index is 1.21. The SMILES string of the molecule is CN(C(=O)Cn1cc(-c2nc(C3(c4ccc(-c5cnc(N)nc5)nc4)CCC3)no2)cn1)C1CC1. The molecule has 1 amide bonds. The molecular weight excluding hydrogens is 446 g/mol. The van der Waals surface area contributed by atoms with Crippen LogP contribution in [0.1, 0.15) is 43.5 Å². The molecule has 178 valence electrons. The number of carbonyl (C=O) groups is 1. The van der Waals surface area contributed by atoms with Gasteiger partial charge in [-0.3, -0.25) is 14.5 Å². The second-order valence-electron chi connectivity index (χ2n) is 9.28. The number of nitrogens with zero attached hydrogens (tertiary/aromatic N) is 8. The highest BCUT2D eigenvalue weighted by Crippen LogP contribution is 2.48. The van der Waals surface area contributed by atoms with Crippen LogP contribution in [-0.2, 0) is 16.8 Å². The summed E-state index contributed by atoms with van der Waals surface area (Å²) in [5.41, 5.74) is 8.55. The van der Waals surface area contributed by atoms with E-state index in [1.165, 1.54) is 0 Å². The van der Waals surface area contributed by atoms with Crippen LogP contribution in [0.4, 0.5) is 5.95 Å². The van der Waals surface area contributed by atoms with Gasteiger partial charge in [0.1, 0.15) is 6.54 Å². The van der Waals surface area contributed by atoms with E-state index in [2.05, 4.69) is 25.2 Å². The molecule has 4 heterocycles. The highest BCUT2D eigenvalue weighted by atomic mass is 16.5. The zero-order valence-electron chi connectivity index (χ0n) is 19.3. The monoisotopic (exact) mass is 471 g/mol. The van der Waals surface area contributed by atoms with Crippen LogP contribution in [0.2, 0.25) is 0 Å². The number of rotatable bonds is 7. The molecule has 2 aliphatic rings. The molecule has 0 spiro atoms. The predicted molar refractivity (Wildman–Crippen MR) is 126 cm³/mol. The first-order valence-electron chi connectivity index (χ1n) is 11.7. The van der Waals surface area contributed by atoms with E-state index in [0.717, 1.165) is 48.9 Å². The summed E-state index contributed by atoms with van der Waals surface area (Å²) in [6.45, 7) is 0.189. The summed E-state index contributed by atoms with van der Waals surface area (Å²) < 4.78 is 7.23. The number of anilines is 1. The molecule has 0 saturated heterocycles. The van der Waals surface area contributed by atoms with E-state index in [1.807, 2.05) is 25.4 Å². The summed E-state index contributed by atoms with van der Waals surface area (Å²) in [5, 5.41) is 8.64. The number of amides is 1. The minimum absolute atomic E-state index is 0.0447. The third-order valence-corrected chi connectivity index (χ3v) is 7.01. The van der Waals surface area contributed by atoms with E-state index in [4.69, 9.17) is 15.2 Å². The van der Waals surface area contributed by atoms with Crippen LogP contribution in [-0.4, -0.2) is 58.8 Å². The Morgan fingerprint density at radius 2 is 1.94 bits per heavy atom. The van der Waals surface area contributed by atoms with Crippen molar-refractivity contribution >= 4 is 11.9 Å². The molecule has 11 nitrogen and oxygen atoms in total. The molecule has 0 atom stereocenters. The maximum absolute atomic E-state index is 12.4. The number of hydrogen-bond donors (Lipinski definition) is 1. The van der Waals surface area contributed by atoms with Crippen molar-refractivity contribution in [2.75, 3.05) is 12.8 Å². The number of likely N-dealkylation sites (N-methyl/N-ethyl adjacent to an activating group) is 1. The zero-order valence-corrected chi connectivity index (χ0v) is 19.3. The zero-order chi connectivity index (χ0) is 24.0. The number of aromatic nitrogens is 7. The van der Waals surface area contributed by atoms with Gasteiger partial charge in [-0.05, 0) is 37.3 Å². The topological polar surface area (TPSA) is 142 Å². The lowest BCUT2D eigenvalue weighted by Crippen LogP contribution is -2.36. The molecule has 0 aromatic carbocycles. The van der Waals surface area contributed by atoms with Crippen molar-refractivity contribution in [2.24, 2.45) is 0 Å². The molecular formula is C24H25N9O2. The second-order valence-corrected chi connectivity index (χ2v) is 9.28. The van der Waals surface area contributed by atoms with Gasteiger partial charge >= 0.3 is 0 Å². The van der Waals surface area contributed by atoms with Gasteiger partial charge < -0.3 is 15.2 Å². The molecule has 2 fully saturated rings. The smallest absolute Gasteiger partial charge is 0.261 e. The van der Waals surface area contributed by atoms with Crippen molar-refractivity contribution in [3.8, 4) is 22.7 Å². The maximum Gasteiger partial charge on any atom is 0.261 e. The first-order chi connectivity index (χ1) is 17.0. The Morgan fingerprint density at radius 1 is 1.14 bits per heavy atom. The van der Waals surface area contributed by atoms with Gasteiger partial charge in [-0.15, -0.1) is 0 Å². The van der Waals surface area contributed by atoms with Crippen LogP contribution in [0.5, 0.6) is 0 Å². The van der Waals surface area contributed by atoms with Crippen LogP contribution in [0.25, 0.3) is 22.7 Å². The summed E-state index contributed by atoms with van der Waals surface area (Å²) >= 11 is 0. The molecule has 0 unspecified atom stereocenters. The van der Waals surface area contributed by atoms with Crippen molar-refractivity contribution in [3.05, 3.63) is 54.5 Å². The van der Waals surface area contributed by atoms with E-state index < -0.39 is 0 Å². The van der Waals surface area contributed by atoms with Crippen LogP contribution in [0.3, 0.4) is 0 Å². The van der Waals surface area contributed by atoms with Crippen molar-refractivity contribution in [1.82, 2.24) is 39.8 Å². The van der Waals surface area contributed by atoms with Crippen LogP contribution < -0.4 is 5.73 Å². The van der Waals surface area contributed by atoms with E-state index in [0.29, 0.717) is 23.3 Å². The van der Waals surface area contributed by atoms with Crippen molar-refractivity contribution < 1.29 is 9.32 Å². The highest BCUT2D eigenvalue weighted by Gasteiger charge is 2.45. The average molecular weight is 472 g/mol. The van der Waals surface area contributed by atoms with Crippen molar-refractivity contribution in [1.29, 1.82) is 0 Å². The fourth-order valence-corrected chi connectivity index (χ4v) is 4.50. The number of hydrogen-bond acceptors (Lipinski definition) is 9. The molecule has 2 N–H and O–H groups in total. The molecule has 2 saturated carbocycles. The summed E-state index contributed by atoms with van der Waals surface area (Å²) in [6, 6.07) is 4.37. The van der Waals surface area contributed by atoms with Crippen LogP contribution in [0.15, 0.2) is 47.6 Å². The third kappa shape index (κ3) is 3.92. The van der Waals surface area contributed by atoms with Gasteiger partial charge in [0.15, 0.2) is 5.82 Å². The Morgan fingerprint density at radius 3 is 2.60 bits per heavy atom. The van der Waals surface area contributed by atoms with Gasteiger partial charge in [-0.25, -0.2) is 9.97 Å². The lowest BCUT2D eigenvalue weighted by atomic mass is 9.64. The van der Waals surface area contributed by atoms with E-state index >= 15 is 0 Å². The van der Waals surface area contributed by atoms with Gasteiger partial charge in [0.25, 0.3) is 5.89 Å². The number of nitrogen functional groups attached to an aromatic ring is 1. The summed E-state index contributed by atoms with van der Waals surface area (Å²) in [5.74, 6) is 1.31. The molecule has 35 heavy (non-hydrogen) atoms. The van der Waals surface area contributed by atoms with Gasteiger partial charge in [-0.2, -0.15) is 10.1 Å². The van der Waals surface area contributed by atoms with Crippen molar-refractivity contribution in [2.45, 2.75) is 50.1 Å². The second kappa shape index (κ2) is 8.26. The molecule has 4 aromatic rings. The van der Waals surface area contributed by atoms with Gasteiger partial charge in [0, 0.05) is 43.4 Å². The molecule has 0 bridgehead atoms. The van der Waals surface area contributed by atoms with Gasteiger partial charge in [0.05, 0.1) is 22.9 Å². The predicted octanol–water partition coefficient (Wildman–Crippen LogP) is 2.46. The standard InChI is InChI=1S/C24H25N9O2/c1-32(18-4-5-18)20(34)14-33-13-16(11-29-33)21-30-22(31-35-21)24(7-2-8-24)17-3-6-19(26-12-17)15-9-27-23(25)28-10-15/h3,6,9-13,18H,2,4-5,7-8,14H2,1H3,(H2,25,27,28). The molecule has 0 aliphatic heterocycles. The minimum atomic E-state index is -0.330. The Hall–Kier alpha value is -4.15. The molecule has 4 aromatic heterocycles. The Kier molecular flexibility index (Phi) is 5.05. The van der Waals surface area contributed by atoms with E-state index in [1.54, 1.807) is 34.4 Å². The van der Waals surface area contributed by atoms with Crippen LogP contribution >= 0.6 is 0 Å². The Bertz CT molecular complexity index is 1350. The highest BCUT2D eigenvalue weighted by molar-refractivity contribution is 5.76. The number of pyridine rings is 1. The molecule has 2 aliphatic carbocycles. The molecule has 6 rings (SSSR count). The lowest BCUT2D eigenvalue weighted by molar-refractivity contribution is -0.131. The van der Waals surface area contributed by atoms with E-state index in [9.17, 15) is 4.79 Å². The summed E-state index contributed by atoms with van der Waals surface area (Å²) in [6.07, 6.45) is 13.7. The van der Waals surface area contributed by atoms with Crippen molar-refractivity contribution in [3.63, 3.8) is 0 Å². The minimum Gasteiger partial charge on any atom is -0.368 e. The summed E-state index contributed by atoms with van der Waals surface area (Å²) in [4.78, 5) is 31.6. The molecule has 0 radical (unpaired) electrons. The summed E-state index contributed by atoms with van der Waals surface area (Å²) in [7, 11) is 1.84. The Labute approximate surface area is 201 Å². The quantitative estimate of drug-likeness (QED) is 0.430. The molecule has 11 heteroatoms. The fourth-order valence-electron chi connectivity index (χ4n) is 4.50. The first kappa shape index (κ1) is 21.4. The maximum atomic E-state index is 12.4. The number of nitrogens with two attached hydrogens (primary N) is 1. The fraction of sp³-hybridized carbons (Fsp3) is 0.375.